The summed E-state index contributed by atoms with van der Waals surface area (Å²) in [6.07, 6.45) is -11.2. The number of alkyl halides is 5. The third-order valence-electron chi connectivity index (χ3n) is 3.67. The summed E-state index contributed by atoms with van der Waals surface area (Å²) in [5.74, 6) is -0.255. The molecule has 1 N–H and O–H groups in total. The molecule has 0 saturated heterocycles. The Morgan fingerprint density at radius 2 is 1.36 bits per heavy atom. The second-order valence-corrected chi connectivity index (χ2v) is 5.74. The summed E-state index contributed by atoms with van der Waals surface area (Å²) < 4.78 is 72.6. The zero-order valence-corrected chi connectivity index (χ0v) is 14.1. The van der Waals surface area contributed by atoms with Crippen molar-refractivity contribution in [1.29, 1.82) is 0 Å². The van der Waals surface area contributed by atoms with Crippen molar-refractivity contribution in [1.82, 2.24) is 0 Å². The van der Waals surface area contributed by atoms with E-state index >= 15 is 0 Å². The number of hydrogen-bond acceptors (Lipinski definition) is 3. The first kappa shape index (κ1) is 19.5. The fraction of sp³-hybridized carbons (Fsp3) is 0.100. The van der Waals surface area contributed by atoms with Gasteiger partial charge in [-0.15, -0.1) is 0 Å². The van der Waals surface area contributed by atoms with E-state index in [-0.39, 0.29) is 11.5 Å². The van der Waals surface area contributed by atoms with Crippen LogP contribution in [0.5, 0.6) is 23.0 Å². The van der Waals surface area contributed by atoms with Crippen LogP contribution < -0.4 is 9.47 Å². The van der Waals surface area contributed by atoms with Crippen molar-refractivity contribution in [3.05, 3.63) is 72.8 Å². The van der Waals surface area contributed by atoms with Crippen molar-refractivity contribution in [3.8, 4) is 34.1 Å². The fourth-order valence-electron chi connectivity index (χ4n) is 2.37. The van der Waals surface area contributed by atoms with Gasteiger partial charge < -0.3 is 14.6 Å². The number of phenolic OH excluding ortho intramolecular Hbond substituents is 1. The minimum Gasteiger partial charge on any atom is -0.508 e. The van der Waals surface area contributed by atoms with Gasteiger partial charge in [-0.25, -0.2) is 0 Å². The topological polar surface area (TPSA) is 38.7 Å². The lowest BCUT2D eigenvalue weighted by Crippen LogP contribution is -2.41. The number of para-hydroxylation sites is 1. The van der Waals surface area contributed by atoms with E-state index in [2.05, 4.69) is 4.74 Å². The van der Waals surface area contributed by atoms with Crippen LogP contribution >= 0.6 is 0 Å². The number of rotatable bonds is 5. The lowest BCUT2D eigenvalue weighted by molar-refractivity contribution is -0.360. The van der Waals surface area contributed by atoms with Gasteiger partial charge in [0.2, 0.25) is 0 Å². The Labute approximate surface area is 156 Å². The Kier molecular flexibility index (Phi) is 5.13. The van der Waals surface area contributed by atoms with E-state index in [0.717, 1.165) is 12.1 Å². The zero-order valence-electron chi connectivity index (χ0n) is 14.1. The quantitative estimate of drug-likeness (QED) is 0.508. The maximum absolute atomic E-state index is 13.1. The maximum atomic E-state index is 13.1. The standard InChI is InChI=1S/C20H13F5O3/c21-19(22,23)20(24,25)28-16-5-3-4-15(12-16)27-18-7-2-1-6-17(18)13-8-10-14(26)11-9-13/h1-12,26H. The van der Waals surface area contributed by atoms with Gasteiger partial charge in [-0.05, 0) is 35.9 Å². The van der Waals surface area contributed by atoms with Crippen LogP contribution in [0.15, 0.2) is 72.8 Å². The Balaban J connectivity index is 1.87. The van der Waals surface area contributed by atoms with Gasteiger partial charge in [-0.1, -0.05) is 36.4 Å². The number of benzene rings is 3. The highest BCUT2D eigenvalue weighted by Crippen LogP contribution is 2.39. The monoisotopic (exact) mass is 396 g/mol. The molecule has 3 aromatic rings. The molecule has 0 atom stereocenters. The number of phenols is 1. The molecule has 8 heteroatoms. The summed E-state index contributed by atoms with van der Waals surface area (Å²) in [6.45, 7) is 0. The van der Waals surface area contributed by atoms with E-state index in [4.69, 9.17) is 4.74 Å². The highest BCUT2D eigenvalue weighted by Gasteiger charge is 2.61. The summed E-state index contributed by atoms with van der Waals surface area (Å²) in [5.41, 5.74) is 1.35. The van der Waals surface area contributed by atoms with Gasteiger partial charge in [0.25, 0.3) is 0 Å². The molecule has 0 saturated carbocycles. The van der Waals surface area contributed by atoms with Gasteiger partial charge in [-0.3, -0.25) is 0 Å². The molecule has 3 rings (SSSR count). The van der Waals surface area contributed by atoms with Crippen molar-refractivity contribution in [2.75, 3.05) is 0 Å². The first-order valence-corrected chi connectivity index (χ1v) is 7.96. The van der Waals surface area contributed by atoms with E-state index in [1.165, 1.54) is 24.3 Å². The second kappa shape index (κ2) is 7.38. The minimum absolute atomic E-state index is 0.0155. The summed E-state index contributed by atoms with van der Waals surface area (Å²) >= 11 is 0. The number of halogens is 5. The largest absolute Gasteiger partial charge is 0.508 e. The van der Waals surface area contributed by atoms with Gasteiger partial charge in [-0.2, -0.15) is 22.0 Å². The van der Waals surface area contributed by atoms with E-state index in [1.54, 1.807) is 36.4 Å². The van der Waals surface area contributed by atoms with E-state index < -0.39 is 18.0 Å². The zero-order chi connectivity index (χ0) is 20.4. The molecule has 0 aromatic heterocycles. The molecule has 0 aliphatic rings. The third-order valence-corrected chi connectivity index (χ3v) is 3.67. The number of ether oxygens (including phenoxy) is 2. The fourth-order valence-corrected chi connectivity index (χ4v) is 2.37. The Morgan fingerprint density at radius 3 is 2.04 bits per heavy atom. The molecule has 0 amide bonds. The SMILES string of the molecule is Oc1ccc(-c2ccccc2Oc2cccc(OC(F)(F)C(F)(F)F)c2)cc1. The molecule has 0 bridgehead atoms. The smallest absolute Gasteiger partial charge is 0.499 e. The van der Waals surface area contributed by atoms with Crippen LogP contribution in [-0.2, 0) is 0 Å². The second-order valence-electron chi connectivity index (χ2n) is 5.74. The van der Waals surface area contributed by atoms with E-state index in [0.29, 0.717) is 16.9 Å². The normalized spacial score (nSPS) is 11.9. The number of hydrogen-bond donors (Lipinski definition) is 1. The minimum atomic E-state index is -5.84. The molecule has 0 radical (unpaired) electrons. The van der Waals surface area contributed by atoms with Crippen LogP contribution in [0.25, 0.3) is 11.1 Å². The predicted molar refractivity (Wildman–Crippen MR) is 91.7 cm³/mol. The molecule has 0 aliphatic carbocycles. The van der Waals surface area contributed by atoms with Crippen molar-refractivity contribution in [2.45, 2.75) is 12.3 Å². The Bertz CT molecular complexity index is 953. The lowest BCUT2D eigenvalue weighted by atomic mass is 10.0. The predicted octanol–water partition coefficient (Wildman–Crippen LogP) is 6.39. The molecular weight excluding hydrogens is 383 g/mol. The highest BCUT2D eigenvalue weighted by molar-refractivity contribution is 5.71. The van der Waals surface area contributed by atoms with Crippen molar-refractivity contribution < 1.29 is 36.5 Å². The van der Waals surface area contributed by atoms with Gasteiger partial charge in [0.15, 0.2) is 0 Å². The summed E-state index contributed by atoms with van der Waals surface area (Å²) in [5, 5.41) is 9.40. The van der Waals surface area contributed by atoms with Gasteiger partial charge in [0.05, 0.1) is 0 Å². The van der Waals surface area contributed by atoms with Crippen LogP contribution in [0.1, 0.15) is 0 Å². The lowest BCUT2D eigenvalue weighted by Gasteiger charge is -2.20. The van der Waals surface area contributed by atoms with Crippen molar-refractivity contribution in [2.24, 2.45) is 0 Å². The molecule has 0 aliphatic heterocycles. The van der Waals surface area contributed by atoms with Gasteiger partial charge in [0.1, 0.15) is 23.0 Å². The van der Waals surface area contributed by atoms with Crippen LogP contribution in [0.2, 0.25) is 0 Å². The molecule has 0 heterocycles. The van der Waals surface area contributed by atoms with E-state index in [1.807, 2.05) is 0 Å². The average molecular weight is 396 g/mol. The van der Waals surface area contributed by atoms with Crippen LogP contribution in [0, 0.1) is 0 Å². The summed E-state index contributed by atoms with van der Waals surface area (Å²) in [4.78, 5) is 0. The number of aromatic hydroxyl groups is 1. The summed E-state index contributed by atoms with van der Waals surface area (Å²) in [6, 6.07) is 17.6. The maximum Gasteiger partial charge on any atom is 0.499 e. The highest BCUT2D eigenvalue weighted by atomic mass is 19.4. The van der Waals surface area contributed by atoms with Crippen molar-refractivity contribution in [3.63, 3.8) is 0 Å². The first-order valence-electron chi connectivity index (χ1n) is 7.96. The van der Waals surface area contributed by atoms with Crippen molar-refractivity contribution >= 4 is 0 Å². The molecule has 28 heavy (non-hydrogen) atoms. The Hall–Kier alpha value is -3.29. The summed E-state index contributed by atoms with van der Waals surface area (Å²) in [7, 11) is 0. The van der Waals surface area contributed by atoms with E-state index in [9.17, 15) is 27.1 Å². The molecule has 0 fully saturated rings. The molecule has 3 nitrogen and oxygen atoms in total. The molecule has 0 spiro atoms. The van der Waals surface area contributed by atoms with Gasteiger partial charge >= 0.3 is 12.3 Å². The molecule has 0 unspecified atom stereocenters. The van der Waals surface area contributed by atoms with Crippen LogP contribution in [0.3, 0.4) is 0 Å². The average Bonchev–Trinajstić information content (AvgIpc) is 2.62. The van der Waals surface area contributed by atoms with Crippen LogP contribution in [0.4, 0.5) is 22.0 Å². The Morgan fingerprint density at radius 1 is 0.714 bits per heavy atom. The molecule has 146 valence electrons. The molecular formula is C20H13F5O3. The van der Waals surface area contributed by atoms with Crippen LogP contribution in [-0.4, -0.2) is 17.4 Å². The molecule has 3 aromatic carbocycles. The first-order chi connectivity index (χ1) is 13.2. The third kappa shape index (κ3) is 4.33. The van der Waals surface area contributed by atoms with Gasteiger partial charge in [0, 0.05) is 11.6 Å².